The number of carbonyl (C=O) groups excluding carboxylic acids is 1. The van der Waals surface area contributed by atoms with E-state index in [-0.39, 0.29) is 5.91 Å². The molecule has 4 heteroatoms. The van der Waals surface area contributed by atoms with E-state index in [1.165, 1.54) is 6.26 Å². The largest absolute Gasteiger partial charge is 0.459 e. The van der Waals surface area contributed by atoms with Crippen LogP contribution in [0, 0.1) is 0 Å². The van der Waals surface area contributed by atoms with Gasteiger partial charge in [0.1, 0.15) is 11.5 Å². The molecule has 110 valence electrons. The first-order chi connectivity index (χ1) is 10.8. The van der Waals surface area contributed by atoms with Gasteiger partial charge in [-0.05, 0) is 42.0 Å². The predicted octanol–water partition coefficient (Wildman–Crippen LogP) is 4.00. The quantitative estimate of drug-likeness (QED) is 0.773. The maximum absolute atomic E-state index is 11.8. The molecule has 1 heterocycles. The molecule has 0 saturated heterocycles. The fourth-order valence-electron chi connectivity index (χ4n) is 2.02. The average Bonchev–Trinajstić information content (AvgIpc) is 3.08. The van der Waals surface area contributed by atoms with Gasteiger partial charge in [-0.3, -0.25) is 4.79 Å². The average molecular weight is 293 g/mol. The maximum Gasteiger partial charge on any atom is 0.287 e. The third-order valence-electron chi connectivity index (χ3n) is 3.08. The smallest absolute Gasteiger partial charge is 0.287 e. The Balaban J connectivity index is 1.63. The van der Waals surface area contributed by atoms with Gasteiger partial charge in [0.25, 0.3) is 5.91 Å². The first kappa shape index (κ1) is 13.9. The number of nitrogens with one attached hydrogen (secondary N) is 1. The van der Waals surface area contributed by atoms with Crippen LogP contribution in [0.4, 0.5) is 0 Å². The lowest BCUT2D eigenvalue weighted by atomic mass is 10.2. The van der Waals surface area contributed by atoms with Gasteiger partial charge in [0, 0.05) is 6.54 Å². The Hall–Kier alpha value is -3.01. The zero-order valence-corrected chi connectivity index (χ0v) is 11.9. The highest BCUT2D eigenvalue weighted by molar-refractivity contribution is 5.91. The number of rotatable bonds is 5. The summed E-state index contributed by atoms with van der Waals surface area (Å²) in [7, 11) is 0. The van der Waals surface area contributed by atoms with Crippen LogP contribution in [-0.2, 0) is 6.54 Å². The number of para-hydroxylation sites is 1. The van der Waals surface area contributed by atoms with Crippen LogP contribution in [0.3, 0.4) is 0 Å². The Labute approximate surface area is 128 Å². The fraction of sp³-hybridized carbons (Fsp3) is 0.0556. The van der Waals surface area contributed by atoms with Gasteiger partial charge in [-0.25, -0.2) is 0 Å². The van der Waals surface area contributed by atoms with Gasteiger partial charge in [-0.1, -0.05) is 30.3 Å². The van der Waals surface area contributed by atoms with Crippen molar-refractivity contribution in [1.82, 2.24) is 5.32 Å². The van der Waals surface area contributed by atoms with E-state index in [1.54, 1.807) is 12.1 Å². The standard InChI is InChI=1S/C18H15NO3/c20-18(17-10-5-11-21-17)19-13-14-6-4-9-16(12-14)22-15-7-2-1-3-8-15/h1-12H,13H2,(H,19,20). The Kier molecular flexibility index (Phi) is 4.20. The number of amides is 1. The molecule has 0 aliphatic heterocycles. The van der Waals surface area contributed by atoms with Gasteiger partial charge >= 0.3 is 0 Å². The molecule has 22 heavy (non-hydrogen) atoms. The lowest BCUT2D eigenvalue weighted by Gasteiger charge is -2.08. The topological polar surface area (TPSA) is 51.5 Å². The highest BCUT2D eigenvalue weighted by Crippen LogP contribution is 2.21. The SMILES string of the molecule is O=C(NCc1cccc(Oc2ccccc2)c1)c1ccco1. The van der Waals surface area contributed by atoms with Gasteiger partial charge in [0.05, 0.1) is 6.26 Å². The van der Waals surface area contributed by atoms with Crippen LogP contribution >= 0.6 is 0 Å². The molecule has 0 fully saturated rings. The van der Waals surface area contributed by atoms with Crippen LogP contribution in [0.5, 0.6) is 11.5 Å². The summed E-state index contributed by atoms with van der Waals surface area (Å²) in [6, 6.07) is 20.5. The molecule has 1 N–H and O–H groups in total. The van der Waals surface area contributed by atoms with Crippen molar-refractivity contribution in [3.63, 3.8) is 0 Å². The van der Waals surface area contributed by atoms with E-state index in [2.05, 4.69) is 5.32 Å². The fourth-order valence-corrected chi connectivity index (χ4v) is 2.02. The van der Waals surface area contributed by atoms with Crippen LogP contribution in [0.15, 0.2) is 77.4 Å². The molecule has 2 aromatic carbocycles. The second-order valence-corrected chi connectivity index (χ2v) is 4.72. The van der Waals surface area contributed by atoms with Crippen LogP contribution in [0.1, 0.15) is 16.1 Å². The molecule has 0 atom stereocenters. The summed E-state index contributed by atoms with van der Waals surface area (Å²) >= 11 is 0. The van der Waals surface area contributed by atoms with Gasteiger partial charge in [0.2, 0.25) is 0 Å². The molecule has 3 rings (SSSR count). The number of benzene rings is 2. The molecule has 0 aliphatic rings. The summed E-state index contributed by atoms with van der Waals surface area (Å²) < 4.78 is 10.8. The normalized spacial score (nSPS) is 10.2. The number of furan rings is 1. The first-order valence-electron chi connectivity index (χ1n) is 6.95. The molecule has 1 amide bonds. The van der Waals surface area contributed by atoms with E-state index in [0.717, 1.165) is 17.1 Å². The Morgan fingerprint density at radius 1 is 0.955 bits per heavy atom. The molecule has 0 unspecified atom stereocenters. The number of carbonyl (C=O) groups is 1. The van der Waals surface area contributed by atoms with Crippen molar-refractivity contribution < 1.29 is 13.9 Å². The van der Waals surface area contributed by atoms with Crippen molar-refractivity contribution in [3.8, 4) is 11.5 Å². The van der Waals surface area contributed by atoms with Crippen LogP contribution in [0.25, 0.3) is 0 Å². The van der Waals surface area contributed by atoms with E-state index in [0.29, 0.717) is 12.3 Å². The van der Waals surface area contributed by atoms with Crippen LogP contribution < -0.4 is 10.1 Å². The zero-order chi connectivity index (χ0) is 15.2. The molecular formula is C18H15NO3. The molecule has 4 nitrogen and oxygen atoms in total. The lowest BCUT2D eigenvalue weighted by molar-refractivity contribution is 0.0923. The van der Waals surface area contributed by atoms with Gasteiger partial charge in [-0.2, -0.15) is 0 Å². The third kappa shape index (κ3) is 3.55. The van der Waals surface area contributed by atoms with Crippen molar-refractivity contribution in [3.05, 3.63) is 84.3 Å². The van der Waals surface area contributed by atoms with Gasteiger partial charge in [-0.15, -0.1) is 0 Å². The first-order valence-corrected chi connectivity index (χ1v) is 6.95. The summed E-state index contributed by atoms with van der Waals surface area (Å²) in [6.45, 7) is 0.408. The minimum atomic E-state index is -0.237. The lowest BCUT2D eigenvalue weighted by Crippen LogP contribution is -2.22. The van der Waals surface area contributed by atoms with E-state index in [9.17, 15) is 4.79 Å². The summed E-state index contributed by atoms with van der Waals surface area (Å²) in [5.74, 6) is 1.58. The van der Waals surface area contributed by atoms with Crippen molar-refractivity contribution in [1.29, 1.82) is 0 Å². The predicted molar refractivity (Wildman–Crippen MR) is 82.8 cm³/mol. The van der Waals surface area contributed by atoms with E-state index >= 15 is 0 Å². The molecule has 0 bridgehead atoms. The van der Waals surface area contributed by atoms with Crippen molar-refractivity contribution >= 4 is 5.91 Å². The zero-order valence-electron chi connectivity index (χ0n) is 11.9. The number of hydrogen-bond acceptors (Lipinski definition) is 3. The minimum Gasteiger partial charge on any atom is -0.459 e. The molecule has 0 saturated carbocycles. The van der Waals surface area contributed by atoms with E-state index < -0.39 is 0 Å². The molecule has 0 aliphatic carbocycles. The van der Waals surface area contributed by atoms with Crippen molar-refractivity contribution in [2.75, 3.05) is 0 Å². The maximum atomic E-state index is 11.8. The Morgan fingerprint density at radius 3 is 2.55 bits per heavy atom. The molecule has 0 radical (unpaired) electrons. The highest BCUT2D eigenvalue weighted by Gasteiger charge is 2.07. The molecule has 0 spiro atoms. The summed E-state index contributed by atoms with van der Waals surface area (Å²) in [6.07, 6.45) is 1.48. The second kappa shape index (κ2) is 6.63. The van der Waals surface area contributed by atoms with Crippen molar-refractivity contribution in [2.45, 2.75) is 6.54 Å². The van der Waals surface area contributed by atoms with Crippen LogP contribution in [-0.4, -0.2) is 5.91 Å². The third-order valence-corrected chi connectivity index (χ3v) is 3.08. The summed E-state index contributed by atoms with van der Waals surface area (Å²) in [5, 5.41) is 2.80. The Bertz CT molecular complexity index is 736. The molecular weight excluding hydrogens is 278 g/mol. The number of hydrogen-bond donors (Lipinski definition) is 1. The van der Waals surface area contributed by atoms with Gasteiger partial charge < -0.3 is 14.5 Å². The summed E-state index contributed by atoms with van der Waals surface area (Å²) in [5.41, 5.74) is 0.952. The summed E-state index contributed by atoms with van der Waals surface area (Å²) in [4.78, 5) is 11.8. The van der Waals surface area contributed by atoms with E-state index in [1.807, 2.05) is 54.6 Å². The van der Waals surface area contributed by atoms with Gasteiger partial charge in [0.15, 0.2) is 5.76 Å². The Morgan fingerprint density at radius 2 is 1.77 bits per heavy atom. The molecule has 1 aromatic heterocycles. The van der Waals surface area contributed by atoms with Crippen molar-refractivity contribution in [2.24, 2.45) is 0 Å². The molecule has 3 aromatic rings. The monoisotopic (exact) mass is 293 g/mol. The van der Waals surface area contributed by atoms with Crippen LogP contribution in [0.2, 0.25) is 0 Å². The second-order valence-electron chi connectivity index (χ2n) is 4.72. The minimum absolute atomic E-state index is 0.237. The number of ether oxygens (including phenoxy) is 1. The van der Waals surface area contributed by atoms with E-state index in [4.69, 9.17) is 9.15 Å². The highest BCUT2D eigenvalue weighted by atomic mass is 16.5.